The van der Waals surface area contributed by atoms with E-state index in [-0.39, 0.29) is 17.1 Å². The largest absolute Gasteiger partial charge is 0.480 e. The monoisotopic (exact) mass is 269 g/mol. The molecule has 0 aromatic carbocycles. The van der Waals surface area contributed by atoms with E-state index in [1.54, 1.807) is 16.7 Å². The lowest BCUT2D eigenvalue weighted by Gasteiger charge is -2.26. The molecule has 1 aliphatic carbocycles. The van der Waals surface area contributed by atoms with Gasteiger partial charge >= 0.3 is 5.97 Å². The quantitative estimate of drug-likeness (QED) is 0.827. The van der Waals surface area contributed by atoms with E-state index in [9.17, 15) is 14.7 Å². The van der Waals surface area contributed by atoms with Crippen molar-refractivity contribution in [3.63, 3.8) is 0 Å². The van der Waals surface area contributed by atoms with Gasteiger partial charge in [0.25, 0.3) is 0 Å². The average molecular weight is 269 g/mol. The molecule has 1 amide bonds. The highest BCUT2D eigenvalue weighted by Crippen LogP contribution is 2.43. The van der Waals surface area contributed by atoms with Gasteiger partial charge < -0.3 is 10.0 Å². The Labute approximate surface area is 111 Å². The number of aliphatic carboxylic acids is 1. The van der Waals surface area contributed by atoms with E-state index in [1.165, 1.54) is 0 Å². The van der Waals surface area contributed by atoms with Crippen LogP contribution in [0.5, 0.6) is 0 Å². The molecule has 2 saturated heterocycles. The van der Waals surface area contributed by atoms with Crippen LogP contribution in [0.15, 0.2) is 0 Å². The van der Waals surface area contributed by atoms with Crippen LogP contribution in [0, 0.1) is 11.8 Å². The first-order chi connectivity index (χ1) is 8.68. The van der Waals surface area contributed by atoms with Crippen molar-refractivity contribution in [2.75, 3.05) is 12.3 Å². The van der Waals surface area contributed by atoms with Gasteiger partial charge in [0.1, 0.15) is 6.04 Å². The summed E-state index contributed by atoms with van der Waals surface area (Å²) in [5, 5.41) is 9.44. The first-order valence-corrected chi connectivity index (χ1v) is 7.88. The molecule has 2 aliphatic heterocycles. The molecule has 3 rings (SSSR count). The minimum absolute atomic E-state index is 0.0191. The Morgan fingerprint density at radius 2 is 2.00 bits per heavy atom. The molecule has 0 spiro atoms. The van der Waals surface area contributed by atoms with Crippen molar-refractivity contribution in [3.8, 4) is 0 Å². The van der Waals surface area contributed by atoms with Gasteiger partial charge in [-0.1, -0.05) is 6.42 Å². The van der Waals surface area contributed by atoms with Gasteiger partial charge in [0.15, 0.2) is 0 Å². The minimum Gasteiger partial charge on any atom is -0.480 e. The van der Waals surface area contributed by atoms with Gasteiger partial charge in [-0.3, -0.25) is 4.79 Å². The van der Waals surface area contributed by atoms with Gasteiger partial charge in [-0.25, -0.2) is 4.79 Å². The lowest BCUT2D eigenvalue weighted by atomic mass is 9.94. The molecule has 5 heteroatoms. The number of hydrogen-bond acceptors (Lipinski definition) is 3. The number of amides is 1. The summed E-state index contributed by atoms with van der Waals surface area (Å²) in [4.78, 5) is 25.6. The summed E-state index contributed by atoms with van der Waals surface area (Å²) in [7, 11) is 0. The molecule has 0 aromatic heterocycles. The van der Waals surface area contributed by atoms with E-state index in [0.29, 0.717) is 12.5 Å². The van der Waals surface area contributed by atoms with Crippen molar-refractivity contribution in [3.05, 3.63) is 0 Å². The Kier molecular flexibility index (Phi) is 3.26. The molecule has 4 unspecified atom stereocenters. The fourth-order valence-electron chi connectivity index (χ4n) is 3.81. The zero-order valence-electron chi connectivity index (χ0n) is 10.4. The van der Waals surface area contributed by atoms with Crippen molar-refractivity contribution < 1.29 is 14.7 Å². The molecule has 0 bridgehead atoms. The normalized spacial score (nSPS) is 39.0. The second-order valence-corrected chi connectivity index (χ2v) is 6.94. The zero-order valence-corrected chi connectivity index (χ0v) is 11.2. The maximum absolute atomic E-state index is 12.4. The van der Waals surface area contributed by atoms with Crippen LogP contribution in [0.3, 0.4) is 0 Å². The standard InChI is InChI=1S/C13H19NO3S/c15-12(10-5-2-6-18-10)14-7-8-3-1-4-9(8)11(14)13(16)17/h8-11H,1-7H2,(H,16,17). The molecule has 18 heavy (non-hydrogen) atoms. The molecule has 0 aromatic rings. The van der Waals surface area contributed by atoms with E-state index in [1.807, 2.05) is 0 Å². The van der Waals surface area contributed by atoms with E-state index < -0.39 is 12.0 Å². The van der Waals surface area contributed by atoms with Crippen molar-refractivity contribution >= 4 is 23.6 Å². The highest BCUT2D eigenvalue weighted by atomic mass is 32.2. The number of carboxylic acid groups (broad SMARTS) is 1. The molecular formula is C13H19NO3S. The molecule has 3 fully saturated rings. The van der Waals surface area contributed by atoms with Crippen LogP contribution >= 0.6 is 11.8 Å². The van der Waals surface area contributed by atoms with Gasteiger partial charge in [0.2, 0.25) is 5.91 Å². The van der Waals surface area contributed by atoms with Gasteiger partial charge in [0, 0.05) is 6.54 Å². The number of thioether (sulfide) groups is 1. The minimum atomic E-state index is -0.805. The Hall–Kier alpha value is -0.710. The molecule has 2 heterocycles. The number of carbonyl (C=O) groups excluding carboxylic acids is 1. The highest BCUT2D eigenvalue weighted by Gasteiger charge is 2.50. The Morgan fingerprint density at radius 1 is 1.17 bits per heavy atom. The molecule has 100 valence electrons. The molecule has 1 N–H and O–H groups in total. The van der Waals surface area contributed by atoms with Gasteiger partial charge in [0.05, 0.1) is 5.25 Å². The Balaban J connectivity index is 1.78. The van der Waals surface area contributed by atoms with E-state index in [4.69, 9.17) is 0 Å². The number of rotatable bonds is 2. The third-order valence-corrected chi connectivity index (χ3v) is 6.00. The Morgan fingerprint density at radius 3 is 2.67 bits per heavy atom. The topological polar surface area (TPSA) is 57.6 Å². The third kappa shape index (κ3) is 1.92. The first-order valence-electron chi connectivity index (χ1n) is 6.83. The van der Waals surface area contributed by atoms with E-state index in [0.717, 1.165) is 37.9 Å². The predicted molar refractivity (Wildman–Crippen MR) is 69.4 cm³/mol. The van der Waals surface area contributed by atoms with Crippen molar-refractivity contribution in [2.45, 2.75) is 43.4 Å². The van der Waals surface area contributed by atoms with Crippen molar-refractivity contribution in [1.29, 1.82) is 0 Å². The molecule has 0 radical (unpaired) electrons. The fraction of sp³-hybridized carbons (Fsp3) is 0.846. The lowest BCUT2D eigenvalue weighted by molar-refractivity contribution is -0.149. The summed E-state index contributed by atoms with van der Waals surface area (Å²) >= 11 is 1.70. The summed E-state index contributed by atoms with van der Waals surface area (Å²) in [6.07, 6.45) is 5.19. The van der Waals surface area contributed by atoms with E-state index >= 15 is 0 Å². The van der Waals surface area contributed by atoms with Crippen LogP contribution in [0.2, 0.25) is 0 Å². The maximum atomic E-state index is 12.4. The van der Waals surface area contributed by atoms with Crippen LogP contribution in [-0.2, 0) is 9.59 Å². The number of likely N-dealkylation sites (tertiary alicyclic amines) is 1. The number of carboxylic acids is 1. The summed E-state index contributed by atoms with van der Waals surface area (Å²) in [5.41, 5.74) is 0. The number of fused-ring (bicyclic) bond motifs is 1. The fourth-order valence-corrected chi connectivity index (χ4v) is 5.04. The summed E-state index contributed by atoms with van der Waals surface area (Å²) < 4.78 is 0. The number of hydrogen-bond donors (Lipinski definition) is 1. The van der Waals surface area contributed by atoms with Crippen LogP contribution in [0.4, 0.5) is 0 Å². The predicted octanol–water partition coefficient (Wildman–Crippen LogP) is 1.59. The first kappa shape index (κ1) is 12.3. The number of nitrogens with zero attached hydrogens (tertiary/aromatic N) is 1. The summed E-state index contributed by atoms with van der Waals surface area (Å²) in [6, 6.07) is -0.550. The maximum Gasteiger partial charge on any atom is 0.326 e. The van der Waals surface area contributed by atoms with Crippen LogP contribution in [-0.4, -0.2) is 45.5 Å². The molecule has 4 atom stereocenters. The van der Waals surface area contributed by atoms with Crippen LogP contribution in [0.1, 0.15) is 32.1 Å². The lowest BCUT2D eigenvalue weighted by Crippen LogP contribution is -2.46. The average Bonchev–Trinajstić information content (AvgIpc) is 3.03. The summed E-state index contributed by atoms with van der Waals surface area (Å²) in [6.45, 7) is 0.678. The third-order valence-electron chi connectivity index (χ3n) is 4.63. The molecule has 1 saturated carbocycles. The van der Waals surface area contributed by atoms with Gasteiger partial charge in [-0.2, -0.15) is 0 Å². The van der Waals surface area contributed by atoms with E-state index in [2.05, 4.69) is 0 Å². The van der Waals surface area contributed by atoms with Crippen molar-refractivity contribution in [1.82, 2.24) is 4.90 Å². The second-order valence-electron chi connectivity index (χ2n) is 5.63. The summed E-state index contributed by atoms with van der Waals surface area (Å²) in [5.74, 6) is 0.953. The van der Waals surface area contributed by atoms with Gasteiger partial charge in [-0.05, 0) is 43.3 Å². The highest BCUT2D eigenvalue weighted by molar-refractivity contribution is 8.00. The SMILES string of the molecule is O=C(O)C1C2CCCC2CN1C(=O)C1CCCS1. The van der Waals surface area contributed by atoms with Gasteiger partial charge in [-0.15, -0.1) is 11.8 Å². The second kappa shape index (κ2) is 4.76. The smallest absolute Gasteiger partial charge is 0.326 e. The van der Waals surface area contributed by atoms with Crippen LogP contribution < -0.4 is 0 Å². The molecule has 4 nitrogen and oxygen atoms in total. The van der Waals surface area contributed by atoms with Crippen molar-refractivity contribution in [2.24, 2.45) is 11.8 Å². The molecule has 3 aliphatic rings. The Bertz CT molecular complexity index is 367. The van der Waals surface area contributed by atoms with Crippen LogP contribution in [0.25, 0.3) is 0 Å². The molecular weight excluding hydrogens is 250 g/mol. The number of carbonyl (C=O) groups is 2. The zero-order chi connectivity index (χ0) is 12.7.